The van der Waals surface area contributed by atoms with Crippen molar-refractivity contribution in [1.82, 2.24) is 4.90 Å². The van der Waals surface area contributed by atoms with Gasteiger partial charge >= 0.3 is 0 Å². The molecule has 4 nitrogen and oxygen atoms in total. The highest BCUT2D eigenvalue weighted by atomic mass is 16.5. The molecular formula is C14H22N2O2. The number of nitrogens with one attached hydrogen (secondary N) is 1. The Morgan fingerprint density at radius 1 is 1.22 bits per heavy atom. The molecule has 0 radical (unpaired) electrons. The Kier molecular flexibility index (Phi) is 3.97. The van der Waals surface area contributed by atoms with Crippen molar-refractivity contribution in [1.29, 1.82) is 0 Å². The van der Waals surface area contributed by atoms with Gasteiger partial charge in [0.05, 0.1) is 14.2 Å². The van der Waals surface area contributed by atoms with Crippen molar-refractivity contribution >= 4 is 5.69 Å². The minimum atomic E-state index is 0.558. The second kappa shape index (κ2) is 5.48. The number of nitrogens with zero attached hydrogens (tertiary/aromatic N) is 1. The minimum Gasteiger partial charge on any atom is -0.493 e. The fraction of sp³-hybridized carbons (Fsp3) is 0.571. The van der Waals surface area contributed by atoms with Gasteiger partial charge < -0.3 is 19.7 Å². The Hall–Kier alpha value is -1.42. The van der Waals surface area contributed by atoms with Crippen molar-refractivity contribution < 1.29 is 9.47 Å². The highest BCUT2D eigenvalue weighted by Gasteiger charge is 2.24. The maximum Gasteiger partial charge on any atom is 0.162 e. The molecule has 0 unspecified atom stereocenters. The van der Waals surface area contributed by atoms with Gasteiger partial charge in [-0.2, -0.15) is 0 Å². The van der Waals surface area contributed by atoms with Crippen LogP contribution in [-0.2, 0) is 0 Å². The molecule has 2 rings (SSSR count). The highest BCUT2D eigenvalue weighted by molar-refractivity contribution is 5.65. The van der Waals surface area contributed by atoms with Gasteiger partial charge in [0.15, 0.2) is 11.5 Å². The van der Waals surface area contributed by atoms with E-state index < -0.39 is 0 Å². The molecular weight excluding hydrogens is 228 g/mol. The molecule has 0 bridgehead atoms. The standard InChI is InChI=1S/C14H22N2O2/c1-16(2)6-5-10-9-15-12-8-14(18-4)13(17-3)7-11(10)12/h7-8,10,15H,5-6,9H2,1-4H3/t10-/m0/s1. The zero-order chi connectivity index (χ0) is 13.1. The third-order valence-corrected chi connectivity index (χ3v) is 3.46. The van der Waals surface area contributed by atoms with Gasteiger partial charge in [-0.25, -0.2) is 0 Å². The quantitative estimate of drug-likeness (QED) is 0.868. The summed E-state index contributed by atoms with van der Waals surface area (Å²) in [6.07, 6.45) is 1.16. The lowest BCUT2D eigenvalue weighted by Gasteiger charge is -2.15. The summed E-state index contributed by atoms with van der Waals surface area (Å²) >= 11 is 0. The van der Waals surface area contributed by atoms with E-state index in [1.807, 2.05) is 6.07 Å². The predicted octanol–water partition coefficient (Wildman–Crippen LogP) is 2.16. The molecule has 0 fully saturated rings. The summed E-state index contributed by atoms with van der Waals surface area (Å²) in [6.45, 7) is 2.10. The fourth-order valence-electron chi connectivity index (χ4n) is 2.40. The van der Waals surface area contributed by atoms with E-state index in [2.05, 4.69) is 30.4 Å². The lowest BCUT2D eigenvalue weighted by Crippen LogP contribution is -2.16. The molecule has 0 aromatic heterocycles. The zero-order valence-electron chi connectivity index (χ0n) is 11.6. The Labute approximate surface area is 109 Å². The van der Waals surface area contributed by atoms with E-state index in [-0.39, 0.29) is 0 Å². The molecule has 1 atom stereocenters. The molecule has 100 valence electrons. The summed E-state index contributed by atoms with van der Waals surface area (Å²) in [6, 6.07) is 4.14. The first kappa shape index (κ1) is 13.0. The number of ether oxygens (including phenoxy) is 2. The molecule has 1 N–H and O–H groups in total. The molecule has 18 heavy (non-hydrogen) atoms. The van der Waals surface area contributed by atoms with Crippen LogP contribution in [0.3, 0.4) is 0 Å². The van der Waals surface area contributed by atoms with Crippen LogP contribution in [0.4, 0.5) is 5.69 Å². The first-order chi connectivity index (χ1) is 8.65. The second-order valence-corrected chi connectivity index (χ2v) is 4.96. The molecule has 0 spiro atoms. The van der Waals surface area contributed by atoms with Gasteiger partial charge in [-0.1, -0.05) is 0 Å². The van der Waals surface area contributed by atoms with Crippen molar-refractivity contribution in [3.8, 4) is 11.5 Å². The number of anilines is 1. The van der Waals surface area contributed by atoms with Gasteiger partial charge in [-0.15, -0.1) is 0 Å². The van der Waals surface area contributed by atoms with E-state index in [0.717, 1.165) is 31.0 Å². The molecule has 0 amide bonds. The molecule has 0 saturated carbocycles. The average Bonchev–Trinajstić information content (AvgIpc) is 2.76. The van der Waals surface area contributed by atoms with Gasteiger partial charge in [0.1, 0.15) is 0 Å². The molecule has 1 aliphatic rings. The summed E-state index contributed by atoms with van der Waals surface area (Å²) in [5.74, 6) is 2.16. The monoisotopic (exact) mass is 250 g/mol. The predicted molar refractivity (Wildman–Crippen MR) is 73.9 cm³/mol. The van der Waals surface area contributed by atoms with Crippen LogP contribution in [-0.4, -0.2) is 46.3 Å². The third kappa shape index (κ3) is 2.53. The van der Waals surface area contributed by atoms with Crippen LogP contribution in [0.25, 0.3) is 0 Å². The Bertz CT molecular complexity index is 419. The number of fused-ring (bicyclic) bond motifs is 1. The van der Waals surface area contributed by atoms with Crippen LogP contribution in [0.2, 0.25) is 0 Å². The van der Waals surface area contributed by atoms with E-state index in [0.29, 0.717) is 5.92 Å². The number of hydrogen-bond donors (Lipinski definition) is 1. The molecule has 0 saturated heterocycles. The Morgan fingerprint density at radius 3 is 2.50 bits per heavy atom. The molecule has 1 aromatic rings. The van der Waals surface area contributed by atoms with Crippen molar-refractivity contribution in [3.63, 3.8) is 0 Å². The van der Waals surface area contributed by atoms with Crippen LogP contribution >= 0.6 is 0 Å². The highest BCUT2D eigenvalue weighted by Crippen LogP contribution is 2.41. The van der Waals surface area contributed by atoms with Crippen molar-refractivity contribution in [2.75, 3.05) is 46.7 Å². The summed E-state index contributed by atoms with van der Waals surface area (Å²) in [7, 11) is 7.57. The number of hydrogen-bond acceptors (Lipinski definition) is 4. The Morgan fingerprint density at radius 2 is 1.89 bits per heavy atom. The summed E-state index contributed by atoms with van der Waals surface area (Å²) in [4.78, 5) is 2.22. The van der Waals surface area contributed by atoms with E-state index in [1.54, 1.807) is 14.2 Å². The van der Waals surface area contributed by atoms with Crippen molar-refractivity contribution in [2.24, 2.45) is 0 Å². The van der Waals surface area contributed by atoms with Crippen LogP contribution in [0, 0.1) is 0 Å². The van der Waals surface area contributed by atoms with Gasteiger partial charge in [0.2, 0.25) is 0 Å². The lowest BCUT2D eigenvalue weighted by atomic mass is 9.97. The number of rotatable bonds is 5. The van der Waals surface area contributed by atoms with Crippen LogP contribution in [0.1, 0.15) is 17.9 Å². The van der Waals surface area contributed by atoms with Crippen LogP contribution in [0.5, 0.6) is 11.5 Å². The topological polar surface area (TPSA) is 33.7 Å². The van der Waals surface area contributed by atoms with Crippen molar-refractivity contribution in [2.45, 2.75) is 12.3 Å². The average molecular weight is 250 g/mol. The third-order valence-electron chi connectivity index (χ3n) is 3.46. The lowest BCUT2D eigenvalue weighted by molar-refractivity contribution is 0.354. The normalized spacial score (nSPS) is 17.5. The molecule has 1 aromatic carbocycles. The van der Waals surface area contributed by atoms with Crippen molar-refractivity contribution in [3.05, 3.63) is 17.7 Å². The first-order valence-electron chi connectivity index (χ1n) is 6.30. The smallest absolute Gasteiger partial charge is 0.162 e. The number of benzene rings is 1. The molecule has 0 aliphatic carbocycles. The maximum atomic E-state index is 5.37. The minimum absolute atomic E-state index is 0.558. The molecule has 1 aliphatic heterocycles. The summed E-state index contributed by atoms with van der Waals surface area (Å²) in [5, 5.41) is 3.45. The zero-order valence-corrected chi connectivity index (χ0v) is 11.6. The summed E-state index contributed by atoms with van der Waals surface area (Å²) in [5.41, 5.74) is 2.52. The van der Waals surface area contributed by atoms with Gasteiger partial charge in [-0.3, -0.25) is 0 Å². The SMILES string of the molecule is COc1cc2c(cc1OC)[C@@H](CCN(C)C)CN2. The second-order valence-electron chi connectivity index (χ2n) is 4.96. The number of methoxy groups -OCH3 is 2. The van der Waals surface area contributed by atoms with Crippen LogP contribution < -0.4 is 14.8 Å². The van der Waals surface area contributed by atoms with E-state index in [9.17, 15) is 0 Å². The van der Waals surface area contributed by atoms with Gasteiger partial charge in [0.25, 0.3) is 0 Å². The molecule has 4 heteroatoms. The maximum absolute atomic E-state index is 5.37. The van der Waals surface area contributed by atoms with Gasteiger partial charge in [0, 0.05) is 24.2 Å². The molecule has 1 heterocycles. The fourth-order valence-corrected chi connectivity index (χ4v) is 2.40. The summed E-state index contributed by atoms with van der Waals surface area (Å²) < 4.78 is 10.7. The first-order valence-corrected chi connectivity index (χ1v) is 6.30. The largest absolute Gasteiger partial charge is 0.493 e. The van der Waals surface area contributed by atoms with E-state index in [1.165, 1.54) is 11.3 Å². The van der Waals surface area contributed by atoms with Crippen LogP contribution in [0.15, 0.2) is 12.1 Å². The van der Waals surface area contributed by atoms with E-state index >= 15 is 0 Å². The van der Waals surface area contributed by atoms with E-state index in [4.69, 9.17) is 9.47 Å². The Balaban J connectivity index is 2.21. The van der Waals surface area contributed by atoms with Gasteiger partial charge in [-0.05, 0) is 38.7 Å².